The maximum Gasteiger partial charge on any atom is 0.411 e. The molecule has 0 aliphatic rings. The molecule has 7 heteroatoms. The van der Waals surface area contributed by atoms with Crippen molar-refractivity contribution in [1.29, 1.82) is 0 Å². The molecule has 3 nitrogen and oxygen atoms in total. The molecular formula is C11H10F4O3. The van der Waals surface area contributed by atoms with Crippen molar-refractivity contribution >= 4 is 5.97 Å². The zero-order chi connectivity index (χ0) is 13.8. The van der Waals surface area contributed by atoms with Crippen LogP contribution < -0.4 is 0 Å². The highest BCUT2D eigenvalue weighted by Gasteiger charge is 2.30. The van der Waals surface area contributed by atoms with Gasteiger partial charge in [-0.3, -0.25) is 4.79 Å². The maximum absolute atomic E-state index is 13.3. The molecule has 0 saturated heterocycles. The van der Waals surface area contributed by atoms with E-state index in [1.54, 1.807) is 0 Å². The van der Waals surface area contributed by atoms with E-state index in [1.807, 2.05) is 0 Å². The third-order valence-electron chi connectivity index (χ3n) is 2.13. The van der Waals surface area contributed by atoms with E-state index in [4.69, 9.17) is 5.11 Å². The smallest absolute Gasteiger partial charge is 0.411 e. The van der Waals surface area contributed by atoms with E-state index < -0.39 is 37.1 Å². The van der Waals surface area contributed by atoms with Gasteiger partial charge >= 0.3 is 12.1 Å². The summed E-state index contributed by atoms with van der Waals surface area (Å²) < 4.78 is 53.1. The van der Waals surface area contributed by atoms with Gasteiger partial charge in [-0.05, 0) is 6.07 Å². The number of hydrogen-bond donors (Lipinski definition) is 1. The Morgan fingerprint density at radius 2 is 1.94 bits per heavy atom. The van der Waals surface area contributed by atoms with Gasteiger partial charge in [0, 0.05) is 5.56 Å². The van der Waals surface area contributed by atoms with Crippen LogP contribution in [-0.4, -0.2) is 30.5 Å². The number of ether oxygens (including phenoxy) is 1. The van der Waals surface area contributed by atoms with Gasteiger partial charge in [0.15, 0.2) is 0 Å². The second-order valence-electron chi connectivity index (χ2n) is 3.54. The second-order valence-corrected chi connectivity index (χ2v) is 3.54. The molecule has 0 aliphatic carbocycles. The largest absolute Gasteiger partial charge is 0.481 e. The molecule has 100 valence electrons. The highest BCUT2D eigenvalue weighted by atomic mass is 19.4. The average molecular weight is 266 g/mol. The van der Waals surface area contributed by atoms with Gasteiger partial charge in [-0.15, -0.1) is 0 Å². The molecule has 1 aromatic rings. The number of carboxylic acids is 1. The van der Waals surface area contributed by atoms with E-state index in [2.05, 4.69) is 4.74 Å². The Bertz CT molecular complexity index is 417. The predicted octanol–water partition coefficient (Wildman–Crippen LogP) is 2.57. The van der Waals surface area contributed by atoms with Gasteiger partial charge in [0.1, 0.15) is 18.3 Å². The number of halogens is 4. The van der Waals surface area contributed by atoms with Gasteiger partial charge in [0.2, 0.25) is 0 Å². The number of aliphatic carboxylic acids is 1. The monoisotopic (exact) mass is 266 g/mol. The minimum absolute atomic E-state index is 0.202. The van der Waals surface area contributed by atoms with Crippen LogP contribution in [-0.2, 0) is 9.53 Å². The molecule has 0 saturated carbocycles. The molecular weight excluding hydrogens is 256 g/mol. The summed E-state index contributed by atoms with van der Waals surface area (Å²) in [6.07, 6.45) is -4.54. The molecule has 0 aromatic heterocycles. The zero-order valence-electron chi connectivity index (χ0n) is 9.08. The minimum atomic E-state index is -4.54. The van der Waals surface area contributed by atoms with Crippen molar-refractivity contribution < 1.29 is 32.2 Å². The SMILES string of the molecule is O=C(O)C(COCC(F)(F)F)c1ccccc1F. The van der Waals surface area contributed by atoms with Crippen molar-refractivity contribution in [3.8, 4) is 0 Å². The number of benzene rings is 1. The van der Waals surface area contributed by atoms with E-state index in [0.717, 1.165) is 6.07 Å². The van der Waals surface area contributed by atoms with E-state index in [-0.39, 0.29) is 5.56 Å². The van der Waals surface area contributed by atoms with Crippen molar-refractivity contribution in [3.05, 3.63) is 35.6 Å². The number of rotatable bonds is 5. The van der Waals surface area contributed by atoms with Crippen LogP contribution in [0.3, 0.4) is 0 Å². The van der Waals surface area contributed by atoms with Crippen molar-refractivity contribution in [1.82, 2.24) is 0 Å². The van der Waals surface area contributed by atoms with Gasteiger partial charge in [-0.25, -0.2) is 4.39 Å². The lowest BCUT2D eigenvalue weighted by molar-refractivity contribution is -0.177. The van der Waals surface area contributed by atoms with Gasteiger partial charge in [-0.2, -0.15) is 13.2 Å². The van der Waals surface area contributed by atoms with Crippen molar-refractivity contribution in [2.45, 2.75) is 12.1 Å². The van der Waals surface area contributed by atoms with Crippen molar-refractivity contribution in [2.75, 3.05) is 13.2 Å². The van der Waals surface area contributed by atoms with Crippen LogP contribution in [0, 0.1) is 5.82 Å². The van der Waals surface area contributed by atoms with E-state index in [1.165, 1.54) is 18.2 Å². The lowest BCUT2D eigenvalue weighted by atomic mass is 10.00. The Hall–Kier alpha value is -1.63. The normalized spacial score (nSPS) is 13.3. The first-order valence-electron chi connectivity index (χ1n) is 4.93. The number of alkyl halides is 3. The summed E-state index contributed by atoms with van der Waals surface area (Å²) in [4.78, 5) is 10.9. The lowest BCUT2D eigenvalue weighted by Crippen LogP contribution is -2.23. The molecule has 0 bridgehead atoms. The number of hydrogen-bond acceptors (Lipinski definition) is 2. The van der Waals surface area contributed by atoms with Crippen molar-refractivity contribution in [3.63, 3.8) is 0 Å². The van der Waals surface area contributed by atoms with Gasteiger partial charge in [0.05, 0.1) is 6.61 Å². The minimum Gasteiger partial charge on any atom is -0.481 e. The third kappa shape index (κ3) is 4.33. The van der Waals surface area contributed by atoms with Gasteiger partial charge in [-0.1, -0.05) is 18.2 Å². The Morgan fingerprint density at radius 3 is 2.44 bits per heavy atom. The highest BCUT2D eigenvalue weighted by molar-refractivity contribution is 5.76. The first-order chi connectivity index (χ1) is 8.31. The van der Waals surface area contributed by atoms with Crippen LogP contribution in [0.4, 0.5) is 17.6 Å². The first-order valence-corrected chi connectivity index (χ1v) is 4.93. The van der Waals surface area contributed by atoms with Crippen molar-refractivity contribution in [2.24, 2.45) is 0 Å². The Balaban J connectivity index is 2.73. The Labute approximate surface area is 100.0 Å². The van der Waals surface area contributed by atoms with E-state index in [9.17, 15) is 22.4 Å². The Morgan fingerprint density at radius 1 is 1.33 bits per heavy atom. The lowest BCUT2D eigenvalue weighted by Gasteiger charge is -2.14. The fraction of sp³-hybridized carbons (Fsp3) is 0.364. The molecule has 0 fully saturated rings. The van der Waals surface area contributed by atoms with E-state index >= 15 is 0 Å². The quantitative estimate of drug-likeness (QED) is 0.833. The summed E-state index contributed by atoms with van der Waals surface area (Å²) in [6, 6.07) is 4.99. The molecule has 0 spiro atoms. The topological polar surface area (TPSA) is 46.5 Å². The molecule has 1 aromatic carbocycles. The van der Waals surface area contributed by atoms with Crippen LogP contribution in [0.15, 0.2) is 24.3 Å². The van der Waals surface area contributed by atoms with Gasteiger partial charge < -0.3 is 9.84 Å². The molecule has 1 unspecified atom stereocenters. The average Bonchev–Trinajstić information content (AvgIpc) is 2.24. The molecule has 1 N–H and O–H groups in total. The predicted molar refractivity (Wildman–Crippen MR) is 53.7 cm³/mol. The van der Waals surface area contributed by atoms with E-state index in [0.29, 0.717) is 0 Å². The molecule has 18 heavy (non-hydrogen) atoms. The summed E-state index contributed by atoms with van der Waals surface area (Å²) in [5, 5.41) is 8.85. The molecule has 0 heterocycles. The number of carbonyl (C=O) groups is 1. The third-order valence-corrected chi connectivity index (χ3v) is 2.13. The summed E-state index contributed by atoms with van der Waals surface area (Å²) in [5.74, 6) is -3.70. The molecule has 1 rings (SSSR count). The maximum atomic E-state index is 13.3. The zero-order valence-corrected chi connectivity index (χ0v) is 9.08. The fourth-order valence-corrected chi connectivity index (χ4v) is 1.34. The highest BCUT2D eigenvalue weighted by Crippen LogP contribution is 2.21. The molecule has 0 amide bonds. The summed E-state index contributed by atoms with van der Waals surface area (Å²) in [6.45, 7) is -2.30. The van der Waals surface area contributed by atoms with Crippen LogP contribution in [0.1, 0.15) is 11.5 Å². The second kappa shape index (κ2) is 5.81. The van der Waals surface area contributed by atoms with Crippen LogP contribution in [0.5, 0.6) is 0 Å². The standard InChI is InChI=1S/C11H10F4O3/c12-9-4-2-1-3-7(9)8(10(16)17)5-18-6-11(13,14)15/h1-4,8H,5-6H2,(H,16,17). The molecule has 1 atom stereocenters. The summed E-state index contributed by atoms with van der Waals surface area (Å²) in [5.41, 5.74) is -0.202. The molecule has 0 radical (unpaired) electrons. The summed E-state index contributed by atoms with van der Waals surface area (Å²) >= 11 is 0. The van der Waals surface area contributed by atoms with Crippen LogP contribution >= 0.6 is 0 Å². The fourth-order valence-electron chi connectivity index (χ4n) is 1.34. The van der Waals surface area contributed by atoms with Gasteiger partial charge in [0.25, 0.3) is 0 Å². The number of carboxylic acid groups (broad SMARTS) is 1. The molecule has 0 aliphatic heterocycles. The Kier molecular flexibility index (Phi) is 4.66. The van der Waals surface area contributed by atoms with Crippen LogP contribution in [0.25, 0.3) is 0 Å². The first kappa shape index (κ1) is 14.4. The summed E-state index contributed by atoms with van der Waals surface area (Å²) in [7, 11) is 0. The van der Waals surface area contributed by atoms with Crippen LogP contribution in [0.2, 0.25) is 0 Å².